The number of hydrazine groups is 1. The number of nitro benzene ring substituents is 1. The van der Waals surface area contributed by atoms with E-state index < -0.39 is 10.7 Å². The lowest BCUT2D eigenvalue weighted by Gasteiger charge is -2.11. The fraction of sp³-hybridized carbons (Fsp3) is 0.0769. The van der Waals surface area contributed by atoms with Gasteiger partial charge < -0.3 is 10.2 Å². The molecule has 0 amide bonds. The molecule has 0 aliphatic heterocycles. The van der Waals surface area contributed by atoms with Gasteiger partial charge in [-0.1, -0.05) is 28.1 Å². The van der Waals surface area contributed by atoms with Gasteiger partial charge in [-0.2, -0.15) is 0 Å². The summed E-state index contributed by atoms with van der Waals surface area (Å²) in [5.74, 6) is 4.84. The highest BCUT2D eigenvalue weighted by Gasteiger charge is 2.17. The normalized spacial score (nSPS) is 10.2. The van der Waals surface area contributed by atoms with E-state index in [0.717, 1.165) is 0 Å². The first-order valence-corrected chi connectivity index (χ1v) is 6.63. The van der Waals surface area contributed by atoms with E-state index in [1.807, 2.05) is 0 Å². The SMILES string of the molecule is NNc1c(COc2ccc(Br)cc2F)cccc1[N+](=O)[O-]. The fourth-order valence-corrected chi connectivity index (χ4v) is 2.11. The quantitative estimate of drug-likeness (QED) is 0.487. The summed E-state index contributed by atoms with van der Waals surface area (Å²) < 4.78 is 19.6. The van der Waals surface area contributed by atoms with Gasteiger partial charge in [0.25, 0.3) is 5.69 Å². The maximum atomic E-state index is 13.6. The van der Waals surface area contributed by atoms with E-state index in [4.69, 9.17) is 10.6 Å². The van der Waals surface area contributed by atoms with Crippen LogP contribution in [-0.2, 0) is 6.61 Å². The van der Waals surface area contributed by atoms with Crippen molar-refractivity contribution in [1.82, 2.24) is 0 Å². The second kappa shape index (κ2) is 6.51. The Morgan fingerprint density at radius 1 is 1.38 bits per heavy atom. The van der Waals surface area contributed by atoms with Crippen LogP contribution in [0, 0.1) is 15.9 Å². The van der Waals surface area contributed by atoms with Crippen molar-refractivity contribution in [2.45, 2.75) is 6.61 Å². The summed E-state index contributed by atoms with van der Waals surface area (Å²) in [4.78, 5) is 10.3. The van der Waals surface area contributed by atoms with Crippen LogP contribution in [0.4, 0.5) is 15.8 Å². The zero-order valence-corrected chi connectivity index (χ0v) is 12.3. The lowest BCUT2D eigenvalue weighted by Crippen LogP contribution is -2.12. The Morgan fingerprint density at radius 2 is 2.14 bits per heavy atom. The molecule has 0 fully saturated rings. The summed E-state index contributed by atoms with van der Waals surface area (Å²) in [5, 5.41) is 10.9. The third-order valence-corrected chi connectivity index (χ3v) is 3.24. The average Bonchev–Trinajstić information content (AvgIpc) is 2.45. The third kappa shape index (κ3) is 3.47. The van der Waals surface area contributed by atoms with E-state index in [1.165, 1.54) is 24.3 Å². The van der Waals surface area contributed by atoms with Crippen LogP contribution in [0.2, 0.25) is 0 Å². The van der Waals surface area contributed by atoms with E-state index in [1.54, 1.807) is 12.1 Å². The van der Waals surface area contributed by atoms with Gasteiger partial charge in [0.2, 0.25) is 0 Å². The number of nitrogens with one attached hydrogen (secondary N) is 1. The summed E-state index contributed by atoms with van der Waals surface area (Å²) in [6.07, 6.45) is 0. The molecular formula is C13H11BrFN3O3. The first kappa shape index (κ1) is 15.2. The van der Waals surface area contributed by atoms with Crippen LogP contribution >= 0.6 is 15.9 Å². The molecule has 0 heterocycles. The molecular weight excluding hydrogens is 345 g/mol. The van der Waals surface area contributed by atoms with Crippen LogP contribution in [0.3, 0.4) is 0 Å². The number of hydrogen-bond acceptors (Lipinski definition) is 5. The summed E-state index contributed by atoms with van der Waals surface area (Å²) in [7, 11) is 0. The van der Waals surface area contributed by atoms with Crippen LogP contribution < -0.4 is 16.0 Å². The van der Waals surface area contributed by atoms with Crippen molar-refractivity contribution in [3.8, 4) is 5.75 Å². The second-order valence-corrected chi connectivity index (χ2v) is 4.99. The lowest BCUT2D eigenvalue weighted by molar-refractivity contribution is -0.384. The Labute approximate surface area is 128 Å². The van der Waals surface area contributed by atoms with Gasteiger partial charge >= 0.3 is 0 Å². The Kier molecular flexibility index (Phi) is 4.71. The van der Waals surface area contributed by atoms with Crippen molar-refractivity contribution in [1.29, 1.82) is 0 Å². The topological polar surface area (TPSA) is 90.4 Å². The number of hydrogen-bond donors (Lipinski definition) is 2. The number of nitrogen functional groups attached to an aromatic ring is 1. The molecule has 8 heteroatoms. The number of rotatable bonds is 5. The van der Waals surface area contributed by atoms with E-state index in [9.17, 15) is 14.5 Å². The van der Waals surface area contributed by atoms with Gasteiger partial charge in [0.15, 0.2) is 11.6 Å². The number of para-hydroxylation sites is 1. The molecule has 3 N–H and O–H groups in total. The van der Waals surface area contributed by atoms with Gasteiger partial charge in [-0.25, -0.2) is 4.39 Å². The van der Waals surface area contributed by atoms with E-state index in [0.29, 0.717) is 10.0 Å². The maximum Gasteiger partial charge on any atom is 0.294 e. The monoisotopic (exact) mass is 355 g/mol. The smallest absolute Gasteiger partial charge is 0.294 e. The molecule has 6 nitrogen and oxygen atoms in total. The second-order valence-electron chi connectivity index (χ2n) is 4.08. The number of anilines is 1. The van der Waals surface area contributed by atoms with Gasteiger partial charge in [-0.3, -0.25) is 16.0 Å². The van der Waals surface area contributed by atoms with Crippen LogP contribution in [0.25, 0.3) is 0 Å². The number of nitro groups is 1. The first-order chi connectivity index (χ1) is 10.0. The zero-order chi connectivity index (χ0) is 15.4. The maximum absolute atomic E-state index is 13.6. The Balaban J connectivity index is 2.24. The van der Waals surface area contributed by atoms with Crippen molar-refractivity contribution in [2.75, 3.05) is 5.43 Å². The average molecular weight is 356 g/mol. The largest absolute Gasteiger partial charge is 0.486 e. The Bertz CT molecular complexity index is 682. The summed E-state index contributed by atoms with van der Waals surface area (Å²) in [6.45, 7) is -0.0558. The molecule has 0 bridgehead atoms. The lowest BCUT2D eigenvalue weighted by atomic mass is 10.1. The van der Waals surface area contributed by atoms with Crippen LogP contribution in [0.1, 0.15) is 5.56 Å². The van der Waals surface area contributed by atoms with Crippen LogP contribution in [0.15, 0.2) is 40.9 Å². The molecule has 21 heavy (non-hydrogen) atoms. The molecule has 2 aromatic carbocycles. The fourth-order valence-electron chi connectivity index (χ4n) is 1.77. The standard InChI is InChI=1S/C13H11BrFN3O3/c14-9-4-5-12(10(15)6-9)21-7-8-2-1-3-11(18(19)20)13(8)17-16/h1-6,17H,7,16H2. The molecule has 0 atom stereocenters. The van der Waals surface area contributed by atoms with Crippen LogP contribution in [-0.4, -0.2) is 4.92 Å². The van der Waals surface area contributed by atoms with Gasteiger partial charge in [0.1, 0.15) is 12.3 Å². The van der Waals surface area contributed by atoms with Gasteiger partial charge in [-0.15, -0.1) is 0 Å². The molecule has 0 aliphatic rings. The van der Waals surface area contributed by atoms with Crippen molar-refractivity contribution in [2.24, 2.45) is 5.84 Å². The number of nitrogens with zero attached hydrogens (tertiary/aromatic N) is 1. The molecule has 2 rings (SSSR count). The van der Waals surface area contributed by atoms with Crippen LogP contribution in [0.5, 0.6) is 5.75 Å². The number of ether oxygens (including phenoxy) is 1. The molecule has 0 unspecified atom stereocenters. The first-order valence-electron chi connectivity index (χ1n) is 5.83. The summed E-state index contributed by atoms with van der Waals surface area (Å²) in [6, 6.07) is 8.80. The number of benzene rings is 2. The Morgan fingerprint density at radius 3 is 2.76 bits per heavy atom. The molecule has 0 aromatic heterocycles. The highest BCUT2D eigenvalue weighted by atomic mass is 79.9. The number of nitrogens with two attached hydrogens (primary N) is 1. The predicted molar refractivity (Wildman–Crippen MR) is 79.3 cm³/mol. The molecule has 0 spiro atoms. The van der Waals surface area contributed by atoms with E-state index in [-0.39, 0.29) is 23.7 Å². The van der Waals surface area contributed by atoms with E-state index >= 15 is 0 Å². The third-order valence-electron chi connectivity index (χ3n) is 2.75. The minimum atomic E-state index is -0.557. The van der Waals surface area contributed by atoms with Crippen molar-refractivity contribution < 1.29 is 14.1 Å². The van der Waals surface area contributed by atoms with Crippen molar-refractivity contribution in [3.63, 3.8) is 0 Å². The summed E-state index contributed by atoms with van der Waals surface area (Å²) in [5.41, 5.74) is 2.70. The summed E-state index contributed by atoms with van der Waals surface area (Å²) >= 11 is 3.14. The molecule has 0 saturated carbocycles. The Hall–Kier alpha value is -2.19. The van der Waals surface area contributed by atoms with E-state index in [2.05, 4.69) is 21.4 Å². The number of halogens is 2. The molecule has 0 aliphatic carbocycles. The highest BCUT2D eigenvalue weighted by Crippen LogP contribution is 2.29. The molecule has 0 saturated heterocycles. The molecule has 110 valence electrons. The minimum absolute atomic E-state index is 0.0488. The van der Waals surface area contributed by atoms with Gasteiger partial charge in [0, 0.05) is 16.1 Å². The van der Waals surface area contributed by atoms with Crippen molar-refractivity contribution in [3.05, 3.63) is 62.4 Å². The minimum Gasteiger partial charge on any atom is -0.486 e. The van der Waals surface area contributed by atoms with Gasteiger partial charge in [-0.05, 0) is 18.2 Å². The molecule has 0 radical (unpaired) electrons. The van der Waals surface area contributed by atoms with Crippen molar-refractivity contribution >= 4 is 27.3 Å². The highest BCUT2D eigenvalue weighted by molar-refractivity contribution is 9.10. The zero-order valence-electron chi connectivity index (χ0n) is 10.7. The molecule has 2 aromatic rings. The van der Waals surface area contributed by atoms with Gasteiger partial charge in [0.05, 0.1) is 4.92 Å². The predicted octanol–water partition coefficient (Wildman–Crippen LogP) is 3.36.